The molecule has 3 aliphatic heterocycles. The van der Waals surface area contributed by atoms with Crippen molar-refractivity contribution in [3.05, 3.63) is 0 Å². The summed E-state index contributed by atoms with van der Waals surface area (Å²) in [6.07, 6.45) is 9.64. The molecule has 0 aromatic rings. The predicted molar refractivity (Wildman–Crippen MR) is 92.2 cm³/mol. The monoisotopic (exact) mass is 368 g/mol. The molecule has 0 bridgehead atoms. The average Bonchev–Trinajstić information content (AvgIpc) is 3.40. The van der Waals surface area contributed by atoms with Crippen LogP contribution in [0.1, 0.15) is 64.2 Å². The second-order valence-electron chi connectivity index (χ2n) is 8.74. The summed E-state index contributed by atoms with van der Waals surface area (Å²) in [7, 11) is 0. The van der Waals surface area contributed by atoms with Crippen LogP contribution in [0.3, 0.4) is 0 Å². The summed E-state index contributed by atoms with van der Waals surface area (Å²) in [5.74, 6) is 0.917. The van der Waals surface area contributed by atoms with Gasteiger partial charge in [-0.3, -0.25) is 0 Å². The van der Waals surface area contributed by atoms with Gasteiger partial charge >= 0.3 is 0 Å². The zero-order valence-electron chi connectivity index (χ0n) is 15.5. The minimum Gasteiger partial charge on any atom is -0.387 e. The van der Waals surface area contributed by atoms with E-state index in [-0.39, 0.29) is 18.7 Å². The van der Waals surface area contributed by atoms with Crippen molar-refractivity contribution >= 4 is 0 Å². The fourth-order valence-electron chi connectivity index (χ4n) is 5.44. The third-order valence-corrected chi connectivity index (χ3v) is 6.96. The van der Waals surface area contributed by atoms with Crippen LogP contribution < -0.4 is 0 Å². The highest BCUT2D eigenvalue weighted by Gasteiger charge is 2.56. The first kappa shape index (κ1) is 17.8. The van der Waals surface area contributed by atoms with Crippen LogP contribution in [0, 0.1) is 11.8 Å². The van der Waals surface area contributed by atoms with Crippen molar-refractivity contribution < 1.29 is 28.8 Å². The molecule has 0 spiro atoms. The Hall–Kier alpha value is -0.240. The Kier molecular flexibility index (Phi) is 5.24. The maximum absolute atomic E-state index is 10.8. The zero-order valence-corrected chi connectivity index (χ0v) is 15.5. The molecule has 5 aliphatic rings. The SMILES string of the molecule is OC1C(C2COC(C3CCCCC3)O2)OC2OC(C3CCCCC3)OC21. The van der Waals surface area contributed by atoms with Crippen LogP contribution in [0.5, 0.6) is 0 Å². The van der Waals surface area contributed by atoms with Crippen molar-refractivity contribution in [2.45, 2.75) is 107 Å². The van der Waals surface area contributed by atoms with Crippen LogP contribution in [0.25, 0.3) is 0 Å². The van der Waals surface area contributed by atoms with E-state index in [0.717, 1.165) is 12.8 Å². The normalized spacial score (nSPS) is 48.1. The number of fused-ring (bicyclic) bond motifs is 1. The first-order valence-corrected chi connectivity index (χ1v) is 10.7. The van der Waals surface area contributed by atoms with Gasteiger partial charge in [0.2, 0.25) is 0 Å². The minimum absolute atomic E-state index is 0.145. The lowest BCUT2D eigenvalue weighted by atomic mass is 9.89. The fourth-order valence-corrected chi connectivity index (χ4v) is 5.44. The van der Waals surface area contributed by atoms with E-state index in [0.29, 0.717) is 18.4 Å². The predicted octanol–water partition coefficient (Wildman–Crippen LogP) is 2.72. The Bertz CT molecular complexity index is 475. The lowest BCUT2D eigenvalue weighted by molar-refractivity contribution is -0.208. The van der Waals surface area contributed by atoms with Gasteiger partial charge in [-0.25, -0.2) is 0 Å². The van der Waals surface area contributed by atoms with E-state index in [2.05, 4.69) is 0 Å². The lowest BCUT2D eigenvalue weighted by Crippen LogP contribution is -2.42. The van der Waals surface area contributed by atoms with E-state index in [9.17, 15) is 5.11 Å². The summed E-state index contributed by atoms with van der Waals surface area (Å²) >= 11 is 0. The zero-order chi connectivity index (χ0) is 17.5. The summed E-state index contributed by atoms with van der Waals surface area (Å²) in [5, 5.41) is 10.8. The molecule has 2 aliphatic carbocycles. The third kappa shape index (κ3) is 3.33. The maximum Gasteiger partial charge on any atom is 0.190 e. The summed E-state index contributed by atoms with van der Waals surface area (Å²) in [6, 6.07) is 0. The summed E-state index contributed by atoms with van der Waals surface area (Å²) in [4.78, 5) is 0. The van der Waals surface area contributed by atoms with Gasteiger partial charge in [0.1, 0.15) is 24.4 Å². The van der Waals surface area contributed by atoms with E-state index in [4.69, 9.17) is 23.7 Å². The molecule has 5 rings (SSSR count). The first-order chi connectivity index (χ1) is 12.8. The molecule has 3 heterocycles. The number of ether oxygens (including phenoxy) is 5. The van der Waals surface area contributed by atoms with Gasteiger partial charge in [-0.15, -0.1) is 0 Å². The molecule has 1 N–H and O–H groups in total. The molecule has 148 valence electrons. The van der Waals surface area contributed by atoms with Crippen LogP contribution in [0.15, 0.2) is 0 Å². The van der Waals surface area contributed by atoms with Crippen LogP contribution in [-0.2, 0) is 23.7 Å². The molecule has 0 aromatic heterocycles. The van der Waals surface area contributed by atoms with Crippen LogP contribution >= 0.6 is 0 Å². The van der Waals surface area contributed by atoms with Gasteiger partial charge in [-0.2, -0.15) is 0 Å². The van der Waals surface area contributed by atoms with Crippen LogP contribution in [-0.4, -0.2) is 55.0 Å². The van der Waals surface area contributed by atoms with Gasteiger partial charge in [-0.1, -0.05) is 38.5 Å². The number of hydrogen-bond donors (Lipinski definition) is 1. The van der Waals surface area contributed by atoms with Crippen molar-refractivity contribution in [2.75, 3.05) is 6.61 Å². The molecule has 7 atom stereocenters. The van der Waals surface area contributed by atoms with E-state index in [1.54, 1.807) is 0 Å². The van der Waals surface area contributed by atoms with Crippen molar-refractivity contribution in [3.8, 4) is 0 Å². The minimum atomic E-state index is -0.715. The highest BCUT2D eigenvalue weighted by atomic mass is 16.8. The van der Waals surface area contributed by atoms with Gasteiger partial charge < -0.3 is 28.8 Å². The van der Waals surface area contributed by atoms with Crippen molar-refractivity contribution in [1.29, 1.82) is 0 Å². The van der Waals surface area contributed by atoms with Crippen LogP contribution in [0.4, 0.5) is 0 Å². The van der Waals surface area contributed by atoms with Crippen molar-refractivity contribution in [2.24, 2.45) is 11.8 Å². The Morgan fingerprint density at radius 1 is 0.577 bits per heavy atom. The van der Waals surface area contributed by atoms with Crippen LogP contribution in [0.2, 0.25) is 0 Å². The smallest absolute Gasteiger partial charge is 0.190 e. The molecule has 6 heteroatoms. The third-order valence-electron chi connectivity index (χ3n) is 6.96. The molecular weight excluding hydrogens is 336 g/mol. The standard InChI is InChI=1S/C20H32O6/c21-15-16(14-11-22-18(23-14)12-7-3-1-4-8-12)24-20-17(15)25-19(26-20)13-9-5-2-6-10-13/h12-21H,1-11H2. The van der Waals surface area contributed by atoms with Crippen molar-refractivity contribution in [3.63, 3.8) is 0 Å². The first-order valence-electron chi connectivity index (χ1n) is 10.7. The van der Waals surface area contributed by atoms with E-state index in [1.807, 2.05) is 0 Å². The molecule has 26 heavy (non-hydrogen) atoms. The summed E-state index contributed by atoms with van der Waals surface area (Å²) in [6.45, 7) is 0.481. The number of rotatable bonds is 3. The van der Waals surface area contributed by atoms with E-state index < -0.39 is 24.6 Å². The Balaban J connectivity index is 1.16. The van der Waals surface area contributed by atoms with Gasteiger partial charge in [-0.05, 0) is 25.7 Å². The fraction of sp³-hybridized carbons (Fsp3) is 1.00. The molecule has 0 amide bonds. The molecule has 0 radical (unpaired) electrons. The van der Waals surface area contributed by atoms with Gasteiger partial charge in [0.25, 0.3) is 0 Å². The Morgan fingerprint density at radius 2 is 1.19 bits per heavy atom. The van der Waals surface area contributed by atoms with Gasteiger partial charge in [0.05, 0.1) is 6.61 Å². The average molecular weight is 368 g/mol. The van der Waals surface area contributed by atoms with Gasteiger partial charge in [0, 0.05) is 11.8 Å². The molecule has 6 nitrogen and oxygen atoms in total. The van der Waals surface area contributed by atoms with E-state index in [1.165, 1.54) is 51.4 Å². The quantitative estimate of drug-likeness (QED) is 0.826. The Labute approximate surface area is 155 Å². The second-order valence-corrected chi connectivity index (χ2v) is 8.74. The molecule has 5 fully saturated rings. The molecule has 3 saturated heterocycles. The topological polar surface area (TPSA) is 66.4 Å². The summed E-state index contributed by atoms with van der Waals surface area (Å²) in [5.41, 5.74) is 0. The maximum atomic E-state index is 10.8. The number of aliphatic hydroxyl groups is 1. The molecule has 7 unspecified atom stereocenters. The highest BCUT2D eigenvalue weighted by molar-refractivity contribution is 4.97. The molecule has 2 saturated carbocycles. The number of hydrogen-bond acceptors (Lipinski definition) is 6. The van der Waals surface area contributed by atoms with Gasteiger partial charge in [0.15, 0.2) is 18.9 Å². The molecular formula is C20H32O6. The largest absolute Gasteiger partial charge is 0.387 e. The van der Waals surface area contributed by atoms with Crippen molar-refractivity contribution in [1.82, 2.24) is 0 Å². The summed E-state index contributed by atoms with van der Waals surface area (Å²) < 4.78 is 30.2. The Morgan fingerprint density at radius 3 is 1.85 bits per heavy atom. The second kappa shape index (κ2) is 7.64. The highest BCUT2D eigenvalue weighted by Crippen LogP contribution is 2.41. The number of aliphatic hydroxyl groups excluding tert-OH is 1. The lowest BCUT2D eigenvalue weighted by Gasteiger charge is -2.29. The molecule has 0 aromatic carbocycles. The van der Waals surface area contributed by atoms with E-state index >= 15 is 0 Å².